The minimum atomic E-state index is -0.537. The second-order valence-electron chi connectivity index (χ2n) is 9.03. The smallest absolute Gasteiger partial charge is 0.340 e. The Bertz CT molecular complexity index is 1040. The zero-order chi connectivity index (χ0) is 22.9. The van der Waals surface area contributed by atoms with Crippen molar-refractivity contribution in [3.8, 4) is 11.5 Å². The van der Waals surface area contributed by atoms with Gasteiger partial charge in [-0.1, -0.05) is 20.3 Å². The fourth-order valence-electron chi connectivity index (χ4n) is 4.12. The average Bonchev–Trinajstić information content (AvgIpc) is 2.72. The van der Waals surface area contributed by atoms with Gasteiger partial charge in [-0.25, -0.2) is 4.79 Å². The van der Waals surface area contributed by atoms with Crippen molar-refractivity contribution in [1.82, 2.24) is 5.32 Å². The van der Waals surface area contributed by atoms with Crippen molar-refractivity contribution in [3.63, 3.8) is 0 Å². The second-order valence-corrected chi connectivity index (χ2v) is 9.03. The third-order valence-corrected chi connectivity index (χ3v) is 6.37. The Morgan fingerprint density at radius 2 is 2.10 bits per heavy atom. The zero-order valence-corrected chi connectivity index (χ0v) is 19.3. The molecule has 7 nitrogen and oxygen atoms in total. The van der Waals surface area contributed by atoms with Gasteiger partial charge in [0.05, 0.1) is 37.1 Å². The van der Waals surface area contributed by atoms with E-state index in [4.69, 9.17) is 13.9 Å². The van der Waals surface area contributed by atoms with E-state index >= 15 is 0 Å². The van der Waals surface area contributed by atoms with Crippen molar-refractivity contribution < 1.29 is 23.8 Å². The molecule has 1 amide bonds. The third kappa shape index (κ3) is 4.56. The predicted octanol–water partition coefficient (Wildman–Crippen LogP) is 3.28. The Morgan fingerprint density at radius 3 is 2.71 bits per heavy atom. The summed E-state index contributed by atoms with van der Waals surface area (Å²) in [6.45, 7) is 9.67. The number of rotatable bonds is 7. The lowest BCUT2D eigenvalue weighted by atomic mass is 9.91. The molecule has 1 aliphatic heterocycles. The number of amides is 1. The quantitative estimate of drug-likeness (QED) is 0.653. The van der Waals surface area contributed by atoms with Gasteiger partial charge in [-0.3, -0.25) is 4.79 Å². The average molecular weight is 432 g/mol. The fraction of sp³-hybridized carbons (Fsp3) is 0.583. The van der Waals surface area contributed by atoms with Gasteiger partial charge in [0.2, 0.25) is 5.91 Å². The molecule has 2 heterocycles. The fourth-order valence-corrected chi connectivity index (χ4v) is 4.12. The Labute approximate surface area is 182 Å². The van der Waals surface area contributed by atoms with E-state index in [0.29, 0.717) is 33.6 Å². The molecule has 1 aromatic heterocycles. The molecular formula is C24H33NO6. The van der Waals surface area contributed by atoms with Gasteiger partial charge in [0, 0.05) is 11.6 Å². The van der Waals surface area contributed by atoms with Crippen molar-refractivity contribution in [2.24, 2.45) is 5.92 Å². The van der Waals surface area contributed by atoms with E-state index in [-0.39, 0.29) is 36.5 Å². The van der Waals surface area contributed by atoms with Crippen molar-refractivity contribution in [2.75, 3.05) is 13.7 Å². The number of methoxy groups -OCH3 is 1. The van der Waals surface area contributed by atoms with Crippen LogP contribution in [0.3, 0.4) is 0 Å². The summed E-state index contributed by atoms with van der Waals surface area (Å²) in [7, 11) is 1.56. The zero-order valence-electron chi connectivity index (χ0n) is 19.3. The Hall–Kier alpha value is -2.54. The summed E-state index contributed by atoms with van der Waals surface area (Å²) in [5, 5.41) is 13.1. The van der Waals surface area contributed by atoms with Crippen LogP contribution in [0.15, 0.2) is 15.3 Å². The molecule has 0 saturated heterocycles. The molecule has 1 aliphatic rings. The molecule has 0 spiro atoms. The molecule has 170 valence electrons. The molecule has 0 aliphatic carbocycles. The maximum absolute atomic E-state index is 12.9. The molecule has 2 N–H and O–H groups in total. The van der Waals surface area contributed by atoms with Crippen LogP contribution in [0.2, 0.25) is 0 Å². The number of fused-ring (bicyclic) bond motifs is 3. The summed E-state index contributed by atoms with van der Waals surface area (Å²) in [4.78, 5) is 25.5. The monoisotopic (exact) mass is 431 g/mol. The van der Waals surface area contributed by atoms with E-state index in [1.165, 1.54) is 0 Å². The summed E-state index contributed by atoms with van der Waals surface area (Å²) < 4.78 is 17.4. The van der Waals surface area contributed by atoms with Crippen LogP contribution in [0.4, 0.5) is 0 Å². The number of benzene rings is 1. The van der Waals surface area contributed by atoms with E-state index < -0.39 is 5.63 Å². The van der Waals surface area contributed by atoms with E-state index in [1.54, 1.807) is 7.11 Å². The lowest BCUT2D eigenvalue weighted by Gasteiger charge is -2.33. The van der Waals surface area contributed by atoms with Gasteiger partial charge >= 0.3 is 5.63 Å². The lowest BCUT2D eigenvalue weighted by Crippen LogP contribution is -2.43. The molecular weight excluding hydrogens is 398 g/mol. The first-order chi connectivity index (χ1) is 14.6. The summed E-state index contributed by atoms with van der Waals surface area (Å²) in [6.07, 6.45) is 2.22. The Morgan fingerprint density at radius 1 is 1.39 bits per heavy atom. The van der Waals surface area contributed by atoms with Gasteiger partial charge in [-0.05, 0) is 45.1 Å². The largest absolute Gasteiger partial charge is 0.496 e. The number of hydrogen-bond acceptors (Lipinski definition) is 6. The number of ether oxygens (including phenoxy) is 2. The molecule has 0 bridgehead atoms. The molecule has 3 rings (SSSR count). The Kier molecular flexibility index (Phi) is 6.65. The van der Waals surface area contributed by atoms with Gasteiger partial charge < -0.3 is 24.3 Å². The minimum Gasteiger partial charge on any atom is -0.496 e. The van der Waals surface area contributed by atoms with Gasteiger partial charge in [0.15, 0.2) is 0 Å². The van der Waals surface area contributed by atoms with Crippen molar-refractivity contribution in [2.45, 2.75) is 71.9 Å². The summed E-state index contributed by atoms with van der Waals surface area (Å²) >= 11 is 0. The van der Waals surface area contributed by atoms with Crippen LogP contribution in [0.1, 0.15) is 57.2 Å². The van der Waals surface area contributed by atoms with Gasteiger partial charge in [0.25, 0.3) is 0 Å². The van der Waals surface area contributed by atoms with E-state index in [2.05, 4.69) is 5.32 Å². The molecule has 7 heteroatoms. The van der Waals surface area contributed by atoms with Crippen LogP contribution in [-0.2, 0) is 17.6 Å². The first-order valence-corrected chi connectivity index (χ1v) is 10.9. The highest BCUT2D eigenvalue weighted by atomic mass is 16.5. The number of nitrogens with one attached hydrogen (secondary N) is 1. The van der Waals surface area contributed by atoms with Crippen molar-refractivity contribution >= 4 is 16.9 Å². The molecule has 0 saturated carbocycles. The van der Waals surface area contributed by atoms with E-state index in [1.807, 2.05) is 40.7 Å². The number of hydrogen-bond donors (Lipinski definition) is 2. The van der Waals surface area contributed by atoms with E-state index in [0.717, 1.165) is 24.8 Å². The molecule has 0 unspecified atom stereocenters. The standard InChI is InChI=1S/C24H33NO6/c1-7-13(2)17(12-26)25-20(27)10-16-14(3)21-19(29-6)11-18-15(22(21)30-23(16)28)8-9-24(4,5)31-18/h11,13,17,26H,7-10,12H2,1-6H3,(H,25,27)/t13-,17+/m0/s1. The van der Waals surface area contributed by atoms with Crippen LogP contribution in [0, 0.1) is 12.8 Å². The van der Waals surface area contributed by atoms with Gasteiger partial charge in [0.1, 0.15) is 22.7 Å². The van der Waals surface area contributed by atoms with Gasteiger partial charge in [-0.2, -0.15) is 0 Å². The number of carbonyl (C=O) groups is 1. The maximum atomic E-state index is 12.9. The first kappa shape index (κ1) is 23.1. The molecule has 0 radical (unpaired) electrons. The van der Waals surface area contributed by atoms with Crippen LogP contribution in [0.5, 0.6) is 11.5 Å². The van der Waals surface area contributed by atoms with Crippen LogP contribution in [-0.4, -0.2) is 36.4 Å². The summed E-state index contributed by atoms with van der Waals surface area (Å²) in [5.41, 5.74) is 1.42. The lowest BCUT2D eigenvalue weighted by molar-refractivity contribution is -0.121. The SMILES string of the molecule is CC[C@H](C)[C@@H](CO)NC(=O)Cc1c(C)c2c(OC)cc3c(c2oc1=O)CCC(C)(C)O3. The predicted molar refractivity (Wildman–Crippen MR) is 119 cm³/mol. The molecule has 0 fully saturated rings. The number of aliphatic hydroxyl groups excluding tert-OH is 1. The molecule has 2 aromatic rings. The maximum Gasteiger partial charge on any atom is 0.340 e. The topological polar surface area (TPSA) is 98.0 Å². The first-order valence-electron chi connectivity index (χ1n) is 10.9. The van der Waals surface area contributed by atoms with Crippen LogP contribution in [0.25, 0.3) is 11.0 Å². The van der Waals surface area contributed by atoms with Gasteiger partial charge in [-0.15, -0.1) is 0 Å². The Balaban J connectivity index is 2.03. The normalized spacial score (nSPS) is 16.9. The van der Waals surface area contributed by atoms with Crippen molar-refractivity contribution in [1.29, 1.82) is 0 Å². The van der Waals surface area contributed by atoms with Crippen molar-refractivity contribution in [3.05, 3.63) is 33.2 Å². The van der Waals surface area contributed by atoms with Crippen LogP contribution < -0.4 is 20.4 Å². The van der Waals surface area contributed by atoms with E-state index in [9.17, 15) is 14.7 Å². The third-order valence-electron chi connectivity index (χ3n) is 6.37. The summed E-state index contributed by atoms with van der Waals surface area (Å²) in [6, 6.07) is 1.48. The summed E-state index contributed by atoms with van der Waals surface area (Å²) in [5.74, 6) is 1.00. The van der Waals surface area contributed by atoms with Crippen LogP contribution >= 0.6 is 0 Å². The molecule has 31 heavy (non-hydrogen) atoms. The second kappa shape index (κ2) is 8.91. The number of aryl methyl sites for hydroxylation is 2. The molecule has 1 aromatic carbocycles. The highest BCUT2D eigenvalue weighted by Crippen LogP contribution is 2.43. The molecule has 2 atom stereocenters. The minimum absolute atomic E-state index is 0.124. The highest BCUT2D eigenvalue weighted by molar-refractivity contribution is 5.93. The number of aliphatic hydroxyl groups is 1. The highest BCUT2D eigenvalue weighted by Gasteiger charge is 2.31. The number of carbonyl (C=O) groups excluding carboxylic acids is 1.